The molecule has 5 rings (SSSR count). The summed E-state index contributed by atoms with van der Waals surface area (Å²) in [6, 6.07) is 19.7. The van der Waals surface area contributed by atoms with E-state index in [2.05, 4.69) is 14.8 Å². The van der Waals surface area contributed by atoms with Crippen molar-refractivity contribution in [2.24, 2.45) is 0 Å². The number of H-pyrrole nitrogens is 1. The number of phenols is 2. The molecule has 2 heterocycles. The maximum Gasteiger partial charge on any atom is 0.348 e. The first kappa shape index (κ1) is 24.9. The van der Waals surface area contributed by atoms with Crippen molar-refractivity contribution in [3.05, 3.63) is 94.5 Å². The summed E-state index contributed by atoms with van der Waals surface area (Å²) in [6.07, 6.45) is 1.95. The van der Waals surface area contributed by atoms with Crippen molar-refractivity contribution in [2.75, 3.05) is 13.6 Å². The van der Waals surface area contributed by atoms with E-state index in [9.17, 15) is 19.8 Å². The Morgan fingerprint density at radius 3 is 2.53 bits per heavy atom. The molecule has 0 atom stereocenters. The molecule has 0 aliphatic rings. The van der Waals surface area contributed by atoms with E-state index in [0.29, 0.717) is 35.5 Å². The lowest BCUT2D eigenvalue weighted by molar-refractivity contribution is 0.0790. The molecule has 0 spiro atoms. The third kappa shape index (κ3) is 4.54. The van der Waals surface area contributed by atoms with Gasteiger partial charge < -0.3 is 19.7 Å². The Hall–Kier alpha value is -4.79. The number of benzene rings is 3. The van der Waals surface area contributed by atoms with Crippen LogP contribution in [-0.4, -0.2) is 53.9 Å². The van der Waals surface area contributed by atoms with E-state index < -0.39 is 5.69 Å². The molecule has 0 bridgehead atoms. The molecule has 38 heavy (non-hydrogen) atoms. The van der Waals surface area contributed by atoms with Gasteiger partial charge in [-0.25, -0.2) is 14.5 Å². The molecule has 3 aromatic carbocycles. The summed E-state index contributed by atoms with van der Waals surface area (Å²) in [4.78, 5) is 27.1. The van der Waals surface area contributed by atoms with E-state index in [1.807, 2.05) is 62.5 Å². The zero-order chi connectivity index (χ0) is 27.0. The molecule has 0 fully saturated rings. The minimum atomic E-state index is -0.446. The van der Waals surface area contributed by atoms with Crippen LogP contribution in [0, 0.1) is 0 Å². The van der Waals surface area contributed by atoms with Gasteiger partial charge in [0, 0.05) is 48.9 Å². The number of rotatable bonds is 7. The topological polar surface area (TPSA) is 116 Å². The number of nitrogens with zero attached hydrogens (tertiary/aromatic N) is 4. The monoisotopic (exact) mass is 511 g/mol. The fourth-order valence-corrected chi connectivity index (χ4v) is 4.63. The molecule has 1 amide bonds. The molecule has 194 valence electrons. The van der Waals surface area contributed by atoms with Crippen molar-refractivity contribution in [3.63, 3.8) is 0 Å². The van der Waals surface area contributed by atoms with Gasteiger partial charge >= 0.3 is 5.69 Å². The highest BCUT2D eigenvalue weighted by molar-refractivity contribution is 5.94. The van der Waals surface area contributed by atoms with Crippen molar-refractivity contribution in [1.82, 2.24) is 24.2 Å². The molecular formula is C29H29N5O4. The van der Waals surface area contributed by atoms with Crippen molar-refractivity contribution in [3.8, 4) is 28.6 Å². The molecule has 9 nitrogen and oxygen atoms in total. The summed E-state index contributed by atoms with van der Waals surface area (Å²) in [5.74, 6) is 0.0354. The lowest BCUT2D eigenvalue weighted by Gasteiger charge is -2.18. The van der Waals surface area contributed by atoms with Crippen LogP contribution < -0.4 is 5.69 Å². The van der Waals surface area contributed by atoms with E-state index in [1.165, 1.54) is 10.6 Å². The van der Waals surface area contributed by atoms with E-state index in [1.54, 1.807) is 30.1 Å². The normalized spacial score (nSPS) is 11.4. The van der Waals surface area contributed by atoms with Crippen LogP contribution in [0.3, 0.4) is 0 Å². The fraction of sp³-hybridized carbons (Fsp3) is 0.207. The van der Waals surface area contributed by atoms with Crippen LogP contribution >= 0.6 is 0 Å². The highest BCUT2D eigenvalue weighted by atomic mass is 16.3. The predicted octanol–water partition coefficient (Wildman–Crippen LogP) is 4.49. The molecule has 0 radical (unpaired) electrons. The largest absolute Gasteiger partial charge is 0.508 e. The smallest absolute Gasteiger partial charge is 0.348 e. The Balaban J connectivity index is 1.43. The maximum absolute atomic E-state index is 12.8. The maximum atomic E-state index is 12.8. The summed E-state index contributed by atoms with van der Waals surface area (Å²) >= 11 is 0. The molecule has 3 N–H and O–H groups in total. The summed E-state index contributed by atoms with van der Waals surface area (Å²) in [6.45, 7) is 5.00. The van der Waals surface area contributed by atoms with Crippen LogP contribution in [0.2, 0.25) is 0 Å². The average Bonchev–Trinajstić information content (AvgIpc) is 3.49. The second kappa shape index (κ2) is 9.93. The SMILES string of the molecule is CC(C)c1cc(-c2n[nH]c(=O)n2-c2ccc3c(ccn3CCN(C)C(=O)c3ccccc3)c2)c(O)cc1O. The number of aromatic amines is 1. The van der Waals surface area contributed by atoms with E-state index >= 15 is 0 Å². The lowest BCUT2D eigenvalue weighted by atomic mass is 9.98. The van der Waals surface area contributed by atoms with Gasteiger partial charge in [0.15, 0.2) is 5.82 Å². The number of phenolic OH excluding ortho intramolecular Hbond substituents is 2. The molecule has 0 unspecified atom stereocenters. The van der Waals surface area contributed by atoms with Crippen molar-refractivity contribution in [2.45, 2.75) is 26.3 Å². The second-order valence-corrected chi connectivity index (χ2v) is 9.62. The number of likely N-dealkylation sites (N-methyl/N-ethyl adjacent to an activating group) is 1. The Labute approximate surface area is 219 Å². The van der Waals surface area contributed by atoms with Gasteiger partial charge in [0.1, 0.15) is 11.5 Å². The van der Waals surface area contributed by atoms with E-state index in [4.69, 9.17) is 0 Å². The van der Waals surface area contributed by atoms with Crippen molar-refractivity contribution < 1.29 is 15.0 Å². The summed E-state index contributed by atoms with van der Waals surface area (Å²) in [7, 11) is 1.79. The first-order valence-corrected chi connectivity index (χ1v) is 12.4. The first-order chi connectivity index (χ1) is 18.2. The molecule has 0 saturated carbocycles. The third-order valence-electron chi connectivity index (χ3n) is 6.74. The van der Waals surface area contributed by atoms with Gasteiger partial charge in [0.2, 0.25) is 0 Å². The van der Waals surface area contributed by atoms with E-state index in [-0.39, 0.29) is 29.1 Å². The zero-order valence-electron chi connectivity index (χ0n) is 21.4. The van der Waals surface area contributed by atoms with Gasteiger partial charge in [-0.1, -0.05) is 32.0 Å². The van der Waals surface area contributed by atoms with Crippen LogP contribution in [0.5, 0.6) is 11.5 Å². The minimum Gasteiger partial charge on any atom is -0.508 e. The van der Waals surface area contributed by atoms with Crippen molar-refractivity contribution >= 4 is 16.8 Å². The highest BCUT2D eigenvalue weighted by Crippen LogP contribution is 2.37. The summed E-state index contributed by atoms with van der Waals surface area (Å²) in [5.41, 5.74) is 2.73. The number of nitrogens with one attached hydrogen (secondary N) is 1. The van der Waals surface area contributed by atoms with Crippen molar-refractivity contribution in [1.29, 1.82) is 0 Å². The molecule has 0 saturated heterocycles. The van der Waals surface area contributed by atoms with E-state index in [0.717, 1.165) is 10.9 Å². The van der Waals surface area contributed by atoms with Gasteiger partial charge in [0.25, 0.3) is 5.91 Å². The molecular weight excluding hydrogens is 482 g/mol. The van der Waals surface area contributed by atoms with Crippen LogP contribution in [0.15, 0.2) is 77.7 Å². The molecule has 0 aliphatic carbocycles. The quantitative estimate of drug-likeness (QED) is 0.298. The van der Waals surface area contributed by atoms with Gasteiger partial charge in [-0.05, 0) is 53.9 Å². The molecule has 0 aliphatic heterocycles. The number of hydrogen-bond acceptors (Lipinski definition) is 5. The van der Waals surface area contributed by atoms with Crippen LogP contribution in [0.1, 0.15) is 35.7 Å². The Kier molecular flexibility index (Phi) is 6.50. The standard InChI is InChI=1S/C29H29N5O4/c1-18(2)22-16-23(26(36)17-25(22)35)27-30-31-29(38)34(27)21-9-10-24-20(15-21)11-12-33(24)14-13-32(3)28(37)19-7-5-4-6-8-19/h4-12,15-18,35-36H,13-14H2,1-3H3,(H,31,38). The van der Waals surface area contributed by atoms with Gasteiger partial charge in [-0.2, -0.15) is 5.10 Å². The average molecular weight is 512 g/mol. The fourth-order valence-electron chi connectivity index (χ4n) is 4.63. The van der Waals surface area contributed by atoms with Crippen LogP contribution in [0.4, 0.5) is 0 Å². The van der Waals surface area contributed by atoms with Gasteiger partial charge in [-0.3, -0.25) is 4.79 Å². The summed E-state index contributed by atoms with van der Waals surface area (Å²) < 4.78 is 3.47. The molecule has 5 aromatic rings. The first-order valence-electron chi connectivity index (χ1n) is 12.4. The molecule has 9 heteroatoms. The highest BCUT2D eigenvalue weighted by Gasteiger charge is 2.20. The third-order valence-corrected chi connectivity index (χ3v) is 6.74. The zero-order valence-corrected chi connectivity index (χ0v) is 21.4. The Morgan fingerprint density at radius 1 is 1.03 bits per heavy atom. The number of amides is 1. The van der Waals surface area contributed by atoms with Crippen LogP contribution in [0.25, 0.3) is 28.0 Å². The Morgan fingerprint density at radius 2 is 1.79 bits per heavy atom. The van der Waals surface area contributed by atoms with Gasteiger partial charge in [0.05, 0.1) is 11.3 Å². The van der Waals surface area contributed by atoms with Gasteiger partial charge in [-0.15, -0.1) is 0 Å². The number of aromatic hydroxyl groups is 2. The number of fused-ring (bicyclic) bond motifs is 1. The summed E-state index contributed by atoms with van der Waals surface area (Å²) in [5, 5.41) is 28.4. The molecule has 2 aromatic heterocycles. The second-order valence-electron chi connectivity index (χ2n) is 9.62. The van der Waals surface area contributed by atoms with Crippen LogP contribution in [-0.2, 0) is 6.54 Å². The lowest BCUT2D eigenvalue weighted by Crippen LogP contribution is -2.29. The number of carbonyl (C=O) groups excluding carboxylic acids is 1. The number of hydrogen-bond donors (Lipinski definition) is 3. The minimum absolute atomic E-state index is 0.00612. The number of carbonyl (C=O) groups is 1. The predicted molar refractivity (Wildman–Crippen MR) is 146 cm³/mol. The number of aromatic nitrogens is 4. The Bertz CT molecular complexity index is 1680.